The van der Waals surface area contributed by atoms with Gasteiger partial charge in [0.15, 0.2) is 0 Å². The van der Waals surface area contributed by atoms with E-state index in [1.165, 1.54) is 0 Å². The third-order valence-corrected chi connectivity index (χ3v) is 1.43. The summed E-state index contributed by atoms with van der Waals surface area (Å²) in [4.78, 5) is 9.49. The van der Waals surface area contributed by atoms with Crippen LogP contribution in [-0.4, -0.2) is 24.2 Å². The van der Waals surface area contributed by atoms with E-state index in [4.69, 9.17) is 4.74 Å². The Labute approximate surface area is 53.0 Å². The van der Waals surface area contributed by atoms with E-state index in [0.29, 0.717) is 6.42 Å². The predicted octanol–water partition coefficient (Wildman–Crippen LogP) is 0.442. The summed E-state index contributed by atoms with van der Waals surface area (Å²) in [7, 11) is 0. The van der Waals surface area contributed by atoms with Crippen molar-refractivity contribution in [1.29, 1.82) is 0 Å². The van der Waals surface area contributed by atoms with Crippen LogP contribution in [0.15, 0.2) is 0 Å². The molecule has 0 radical (unpaired) electrons. The van der Waals surface area contributed by atoms with Gasteiger partial charge in [0.1, 0.15) is 0 Å². The van der Waals surface area contributed by atoms with Gasteiger partial charge in [-0.1, -0.05) is 0 Å². The zero-order valence-electron chi connectivity index (χ0n) is 5.08. The van der Waals surface area contributed by atoms with E-state index in [0.717, 1.165) is 13.0 Å². The van der Waals surface area contributed by atoms with Crippen molar-refractivity contribution in [2.75, 3.05) is 13.2 Å². The zero-order chi connectivity index (χ0) is 6.69. The van der Waals surface area contributed by atoms with Crippen LogP contribution in [0, 0.1) is 10.1 Å². The molecule has 1 aliphatic rings. The second kappa shape index (κ2) is 2.77. The minimum atomic E-state index is -0.304. The Kier molecular flexibility index (Phi) is 2.00. The van der Waals surface area contributed by atoms with Crippen molar-refractivity contribution in [3.8, 4) is 0 Å². The maximum atomic E-state index is 9.79. The van der Waals surface area contributed by atoms with Gasteiger partial charge in [0.2, 0.25) is 6.54 Å². The first kappa shape index (κ1) is 6.48. The number of nitrogens with zero attached hydrogens (tertiary/aromatic N) is 1. The van der Waals surface area contributed by atoms with Gasteiger partial charge in [0.25, 0.3) is 0 Å². The summed E-state index contributed by atoms with van der Waals surface area (Å²) in [6.45, 7) is 0.826. The molecule has 0 amide bonds. The van der Waals surface area contributed by atoms with Crippen LogP contribution in [0.3, 0.4) is 0 Å². The highest BCUT2D eigenvalue weighted by Crippen LogP contribution is 2.13. The Morgan fingerprint density at radius 2 is 2.44 bits per heavy atom. The van der Waals surface area contributed by atoms with Gasteiger partial charge in [-0.15, -0.1) is 0 Å². The van der Waals surface area contributed by atoms with Gasteiger partial charge in [-0.3, -0.25) is 10.1 Å². The fraction of sp³-hybridized carbons (Fsp3) is 1.00. The number of rotatable bonds is 3. The highest BCUT2D eigenvalue weighted by molar-refractivity contribution is 4.64. The van der Waals surface area contributed by atoms with E-state index in [1.807, 2.05) is 0 Å². The van der Waals surface area contributed by atoms with Gasteiger partial charge < -0.3 is 4.74 Å². The third-order valence-electron chi connectivity index (χ3n) is 1.43. The molecule has 1 atom stereocenters. The summed E-state index contributed by atoms with van der Waals surface area (Å²) >= 11 is 0. The van der Waals surface area contributed by atoms with Crippen LogP contribution in [0.1, 0.15) is 12.8 Å². The topological polar surface area (TPSA) is 52.4 Å². The van der Waals surface area contributed by atoms with E-state index >= 15 is 0 Å². The molecule has 1 aliphatic heterocycles. The van der Waals surface area contributed by atoms with Crippen molar-refractivity contribution in [3.63, 3.8) is 0 Å². The van der Waals surface area contributed by atoms with Crippen LogP contribution in [0.5, 0.6) is 0 Å². The van der Waals surface area contributed by atoms with E-state index in [1.54, 1.807) is 0 Å². The molecule has 9 heavy (non-hydrogen) atoms. The summed E-state index contributed by atoms with van der Waals surface area (Å²) < 4.78 is 4.98. The molecular formula is C5H9NO3. The maximum Gasteiger partial charge on any atom is 0.206 e. The minimum absolute atomic E-state index is 0.0463. The second-order valence-electron chi connectivity index (χ2n) is 2.13. The highest BCUT2D eigenvalue weighted by Gasteiger charge is 2.19. The molecule has 0 N–H and O–H groups in total. The number of nitro groups is 1. The van der Waals surface area contributed by atoms with Crippen LogP contribution in [0.4, 0.5) is 0 Å². The van der Waals surface area contributed by atoms with Crippen molar-refractivity contribution in [3.05, 3.63) is 10.1 Å². The SMILES string of the molecule is O=[N+]([O-])CCC1CCO1. The van der Waals surface area contributed by atoms with Crippen LogP contribution in [0.2, 0.25) is 0 Å². The molecule has 0 spiro atoms. The molecule has 0 saturated carbocycles. The summed E-state index contributed by atoms with van der Waals surface area (Å²) in [5, 5.41) is 9.79. The Morgan fingerprint density at radius 1 is 1.78 bits per heavy atom. The minimum Gasteiger partial charge on any atom is -0.378 e. The van der Waals surface area contributed by atoms with E-state index in [9.17, 15) is 10.1 Å². The van der Waals surface area contributed by atoms with Crippen molar-refractivity contribution in [2.24, 2.45) is 0 Å². The van der Waals surface area contributed by atoms with E-state index in [2.05, 4.69) is 0 Å². The van der Waals surface area contributed by atoms with Crippen molar-refractivity contribution in [2.45, 2.75) is 18.9 Å². The number of hydrogen-bond acceptors (Lipinski definition) is 3. The van der Waals surface area contributed by atoms with Crippen molar-refractivity contribution in [1.82, 2.24) is 0 Å². The molecule has 1 saturated heterocycles. The molecule has 1 heterocycles. The smallest absolute Gasteiger partial charge is 0.206 e. The van der Waals surface area contributed by atoms with Crippen LogP contribution >= 0.6 is 0 Å². The normalized spacial score (nSPS) is 25.1. The molecule has 52 valence electrons. The lowest BCUT2D eigenvalue weighted by molar-refractivity contribution is -0.483. The number of hydrogen-bond donors (Lipinski definition) is 0. The molecule has 1 rings (SSSR count). The van der Waals surface area contributed by atoms with Crippen LogP contribution < -0.4 is 0 Å². The Bertz CT molecular complexity index is 111. The average Bonchev–Trinajstić information content (AvgIpc) is 1.60. The molecule has 0 aliphatic carbocycles. The lowest BCUT2D eigenvalue weighted by Crippen LogP contribution is -2.28. The lowest BCUT2D eigenvalue weighted by atomic mass is 10.1. The van der Waals surface area contributed by atoms with E-state index < -0.39 is 0 Å². The molecule has 1 unspecified atom stereocenters. The summed E-state index contributed by atoms with van der Waals surface area (Å²) in [6, 6.07) is 0. The zero-order valence-corrected chi connectivity index (χ0v) is 5.08. The average molecular weight is 131 g/mol. The van der Waals surface area contributed by atoms with Gasteiger partial charge in [0, 0.05) is 18.0 Å². The summed E-state index contributed by atoms with van der Waals surface area (Å²) in [5.74, 6) is 0. The maximum absolute atomic E-state index is 9.79. The van der Waals surface area contributed by atoms with Gasteiger partial charge in [-0.25, -0.2) is 0 Å². The molecule has 1 fully saturated rings. The van der Waals surface area contributed by atoms with Crippen LogP contribution in [0.25, 0.3) is 0 Å². The fourth-order valence-electron chi connectivity index (χ4n) is 0.762. The molecule has 0 aromatic rings. The second-order valence-corrected chi connectivity index (χ2v) is 2.13. The van der Waals surface area contributed by atoms with Gasteiger partial charge >= 0.3 is 0 Å². The molecular weight excluding hydrogens is 122 g/mol. The van der Waals surface area contributed by atoms with Crippen molar-refractivity contribution >= 4 is 0 Å². The largest absolute Gasteiger partial charge is 0.378 e. The highest BCUT2D eigenvalue weighted by atomic mass is 16.6. The standard InChI is InChI=1S/C5H9NO3/c7-6(8)3-1-5-2-4-9-5/h5H,1-4H2. The quantitative estimate of drug-likeness (QED) is 0.412. The van der Waals surface area contributed by atoms with Crippen molar-refractivity contribution < 1.29 is 9.66 Å². The van der Waals surface area contributed by atoms with Crippen LogP contribution in [-0.2, 0) is 4.74 Å². The first-order valence-corrected chi connectivity index (χ1v) is 3.02. The molecule has 0 aromatic heterocycles. The number of ether oxygens (including phenoxy) is 1. The molecule has 4 heteroatoms. The molecule has 0 aromatic carbocycles. The monoisotopic (exact) mass is 131 g/mol. The summed E-state index contributed by atoms with van der Waals surface area (Å²) in [5.41, 5.74) is 0. The Morgan fingerprint density at radius 3 is 2.78 bits per heavy atom. The first-order chi connectivity index (χ1) is 4.29. The van der Waals surface area contributed by atoms with E-state index in [-0.39, 0.29) is 17.6 Å². The van der Waals surface area contributed by atoms with Gasteiger partial charge in [-0.2, -0.15) is 0 Å². The third kappa shape index (κ3) is 1.97. The van der Waals surface area contributed by atoms with Gasteiger partial charge in [-0.05, 0) is 6.42 Å². The fourth-order valence-corrected chi connectivity index (χ4v) is 0.762. The first-order valence-electron chi connectivity index (χ1n) is 3.02. The summed E-state index contributed by atoms with van der Waals surface area (Å²) in [6.07, 6.45) is 1.75. The van der Waals surface area contributed by atoms with Gasteiger partial charge in [0.05, 0.1) is 6.10 Å². The predicted molar refractivity (Wildman–Crippen MR) is 30.8 cm³/mol. The molecule has 4 nitrogen and oxygen atoms in total. The Balaban J connectivity index is 1.97. The molecule has 0 bridgehead atoms. The Hall–Kier alpha value is -0.640. The lowest BCUT2D eigenvalue weighted by Gasteiger charge is -2.24.